The van der Waals surface area contributed by atoms with Gasteiger partial charge in [0.15, 0.2) is 0 Å². The van der Waals surface area contributed by atoms with Crippen LogP contribution in [0.25, 0.3) is 97.4 Å². The van der Waals surface area contributed by atoms with Crippen LogP contribution < -0.4 is 4.90 Å². The highest BCUT2D eigenvalue weighted by Crippen LogP contribution is 2.44. The van der Waals surface area contributed by atoms with E-state index in [1.165, 1.54) is 86.0 Å². The number of benzene rings is 10. The molecule has 0 aliphatic rings. The summed E-state index contributed by atoms with van der Waals surface area (Å²) in [5.41, 5.74) is 15.2. The van der Waals surface area contributed by atoms with Gasteiger partial charge in [-0.2, -0.15) is 0 Å². The molecule has 0 spiro atoms. The van der Waals surface area contributed by atoms with E-state index in [1.54, 1.807) is 0 Å². The number of anilines is 3. The quantitative estimate of drug-likeness (QED) is 0.156. The molecule has 0 unspecified atom stereocenters. The fourth-order valence-electron chi connectivity index (χ4n) is 9.98. The lowest BCUT2D eigenvalue weighted by Gasteiger charge is -2.26. The Hall–Kier alpha value is -8.18. The van der Waals surface area contributed by atoms with Crippen molar-refractivity contribution in [3.8, 4) is 33.6 Å². The minimum absolute atomic E-state index is 1.09. The third kappa shape index (κ3) is 5.81. The molecular weight excluding hydrogens is 795 g/mol. The maximum absolute atomic E-state index is 2.42. The predicted octanol–water partition coefficient (Wildman–Crippen LogP) is 17.1. The van der Waals surface area contributed by atoms with Crippen LogP contribution in [0, 0.1) is 0 Å². The molecular formula is C60H39N3S. The van der Waals surface area contributed by atoms with Crippen molar-refractivity contribution in [2.45, 2.75) is 0 Å². The highest BCUT2D eigenvalue weighted by molar-refractivity contribution is 7.26. The average Bonchev–Trinajstić information content (AvgIpc) is 4.03. The van der Waals surface area contributed by atoms with Crippen molar-refractivity contribution in [3.05, 3.63) is 237 Å². The maximum Gasteiger partial charge on any atom is 0.0542 e. The molecule has 3 heterocycles. The second-order valence-corrected chi connectivity index (χ2v) is 17.6. The Bertz CT molecular complexity index is 3720. The molecule has 0 fully saturated rings. The van der Waals surface area contributed by atoms with Gasteiger partial charge in [0.05, 0.1) is 22.1 Å². The monoisotopic (exact) mass is 833 g/mol. The smallest absolute Gasteiger partial charge is 0.0542 e. The van der Waals surface area contributed by atoms with E-state index in [0.29, 0.717) is 0 Å². The van der Waals surface area contributed by atoms with Gasteiger partial charge in [-0.1, -0.05) is 146 Å². The van der Waals surface area contributed by atoms with Gasteiger partial charge in [0.25, 0.3) is 0 Å². The van der Waals surface area contributed by atoms with Crippen LogP contribution in [0.4, 0.5) is 17.1 Å². The lowest BCUT2D eigenvalue weighted by molar-refractivity contribution is 1.18. The summed E-state index contributed by atoms with van der Waals surface area (Å²) in [6, 6.07) is 86.3. The summed E-state index contributed by atoms with van der Waals surface area (Å²) in [5, 5.41) is 7.54. The number of rotatable bonds is 7. The van der Waals surface area contributed by atoms with Crippen LogP contribution in [0.15, 0.2) is 237 Å². The van der Waals surface area contributed by atoms with E-state index in [4.69, 9.17) is 0 Å². The maximum atomic E-state index is 2.42. The van der Waals surface area contributed by atoms with Crippen LogP contribution in [0.5, 0.6) is 0 Å². The molecule has 4 heteroatoms. The standard InChI is InChI=1S/C60H39N3S/c1-3-14-43(15-4-1)62-55-23-10-7-18-49(55)53-38-46(34-36-57(53)62)61(47-35-37-58-54(39-47)50-19-8-11-24-56(50)63(58)44-16-5-2-6-17-44)45-32-30-41(31-33-45)40-26-28-42(29-27-40)48-21-13-22-52-51-20-9-12-25-59(51)64-60(48)52/h1-39H. The number of hydrogen-bond donors (Lipinski definition) is 0. The van der Waals surface area contributed by atoms with Crippen molar-refractivity contribution >= 4 is 92.2 Å². The Morgan fingerprint density at radius 3 is 1.31 bits per heavy atom. The van der Waals surface area contributed by atoms with E-state index in [-0.39, 0.29) is 0 Å². The molecule has 0 aliphatic carbocycles. The first kappa shape index (κ1) is 36.5. The Morgan fingerprint density at radius 1 is 0.297 bits per heavy atom. The molecule has 0 saturated carbocycles. The fourth-order valence-corrected chi connectivity index (χ4v) is 11.2. The SMILES string of the molecule is c1ccc(-n2c3ccccc3c3cc(N(c4ccc(-c5ccc(-c6cccc7c6sc6ccccc67)cc5)cc4)c4ccc5c(c4)c4ccccc4n5-c4ccccc4)ccc32)cc1. The topological polar surface area (TPSA) is 13.1 Å². The van der Waals surface area contributed by atoms with Crippen LogP contribution in [0.1, 0.15) is 0 Å². The van der Waals surface area contributed by atoms with Gasteiger partial charge in [-0.3, -0.25) is 0 Å². The zero-order valence-corrected chi connectivity index (χ0v) is 35.6. The first-order valence-corrected chi connectivity index (χ1v) is 22.7. The third-order valence-corrected chi connectivity index (χ3v) is 14.1. The molecule has 300 valence electrons. The first-order valence-electron chi connectivity index (χ1n) is 21.8. The van der Waals surface area contributed by atoms with Crippen molar-refractivity contribution < 1.29 is 0 Å². The highest BCUT2D eigenvalue weighted by Gasteiger charge is 2.20. The number of fused-ring (bicyclic) bond motifs is 9. The molecule has 0 aliphatic heterocycles. The van der Waals surface area contributed by atoms with Crippen LogP contribution in [-0.2, 0) is 0 Å². The van der Waals surface area contributed by atoms with E-state index in [0.717, 1.165) is 28.4 Å². The molecule has 3 nitrogen and oxygen atoms in total. The normalized spacial score (nSPS) is 11.8. The van der Waals surface area contributed by atoms with Crippen LogP contribution in [0.2, 0.25) is 0 Å². The van der Waals surface area contributed by atoms with Crippen molar-refractivity contribution in [2.75, 3.05) is 4.90 Å². The number of aromatic nitrogens is 2. The molecule has 3 aromatic heterocycles. The second kappa shape index (κ2) is 14.7. The average molecular weight is 834 g/mol. The molecule has 0 N–H and O–H groups in total. The summed E-state index contributed by atoms with van der Waals surface area (Å²) >= 11 is 1.88. The van der Waals surface area contributed by atoms with E-state index in [9.17, 15) is 0 Å². The van der Waals surface area contributed by atoms with Crippen molar-refractivity contribution in [1.29, 1.82) is 0 Å². The van der Waals surface area contributed by atoms with E-state index >= 15 is 0 Å². The minimum Gasteiger partial charge on any atom is -0.310 e. The van der Waals surface area contributed by atoms with Crippen molar-refractivity contribution in [2.24, 2.45) is 0 Å². The second-order valence-electron chi connectivity index (χ2n) is 16.5. The molecule has 13 aromatic rings. The molecule has 0 atom stereocenters. The summed E-state index contributed by atoms with van der Waals surface area (Å²) < 4.78 is 7.43. The fraction of sp³-hybridized carbons (Fsp3) is 0. The minimum atomic E-state index is 1.09. The highest BCUT2D eigenvalue weighted by atomic mass is 32.1. The molecule has 0 bridgehead atoms. The summed E-state index contributed by atoms with van der Waals surface area (Å²) in [7, 11) is 0. The van der Waals surface area contributed by atoms with Crippen LogP contribution in [-0.4, -0.2) is 9.13 Å². The van der Waals surface area contributed by atoms with Gasteiger partial charge in [-0.05, 0) is 113 Å². The van der Waals surface area contributed by atoms with Gasteiger partial charge >= 0.3 is 0 Å². The molecule has 10 aromatic carbocycles. The van der Waals surface area contributed by atoms with Crippen LogP contribution >= 0.6 is 11.3 Å². The largest absolute Gasteiger partial charge is 0.310 e. The molecule has 0 amide bonds. The third-order valence-electron chi connectivity index (χ3n) is 12.9. The Labute approximate surface area is 374 Å². The summed E-state index contributed by atoms with van der Waals surface area (Å²) in [4.78, 5) is 2.42. The lowest BCUT2D eigenvalue weighted by atomic mass is 9.99. The summed E-state index contributed by atoms with van der Waals surface area (Å²) in [6.07, 6.45) is 0. The van der Waals surface area contributed by atoms with Gasteiger partial charge < -0.3 is 14.0 Å². The number of thiophene rings is 1. The van der Waals surface area contributed by atoms with Crippen LogP contribution in [0.3, 0.4) is 0 Å². The Balaban J connectivity index is 0.945. The number of hydrogen-bond acceptors (Lipinski definition) is 2. The van der Waals surface area contributed by atoms with E-state index in [2.05, 4.69) is 251 Å². The van der Waals surface area contributed by atoms with E-state index < -0.39 is 0 Å². The van der Waals surface area contributed by atoms with Gasteiger partial charge in [-0.15, -0.1) is 11.3 Å². The predicted molar refractivity (Wildman–Crippen MR) is 274 cm³/mol. The summed E-state index contributed by atoms with van der Waals surface area (Å²) in [6.45, 7) is 0. The Morgan fingerprint density at radius 2 is 0.734 bits per heavy atom. The van der Waals surface area contributed by atoms with Gasteiger partial charge in [0.1, 0.15) is 0 Å². The molecule has 0 radical (unpaired) electrons. The molecule has 64 heavy (non-hydrogen) atoms. The van der Waals surface area contributed by atoms with Gasteiger partial charge in [0, 0.05) is 70.2 Å². The van der Waals surface area contributed by atoms with Gasteiger partial charge in [0.2, 0.25) is 0 Å². The molecule has 0 saturated heterocycles. The molecule has 13 rings (SSSR count). The summed E-state index contributed by atoms with van der Waals surface area (Å²) in [5.74, 6) is 0. The lowest BCUT2D eigenvalue weighted by Crippen LogP contribution is -2.10. The zero-order valence-electron chi connectivity index (χ0n) is 34.8. The first-order chi connectivity index (χ1) is 31.7. The van der Waals surface area contributed by atoms with Gasteiger partial charge in [-0.25, -0.2) is 0 Å². The number of para-hydroxylation sites is 4. The van der Waals surface area contributed by atoms with Crippen molar-refractivity contribution in [1.82, 2.24) is 9.13 Å². The van der Waals surface area contributed by atoms with E-state index in [1.807, 2.05) is 11.3 Å². The number of nitrogens with zero attached hydrogens (tertiary/aromatic N) is 3. The Kier molecular flexibility index (Phi) is 8.40. The zero-order chi connectivity index (χ0) is 42.1. The van der Waals surface area contributed by atoms with Crippen molar-refractivity contribution in [3.63, 3.8) is 0 Å².